The molecule has 0 aliphatic heterocycles. The number of aromatic nitrogens is 1. The maximum absolute atomic E-state index is 6.28. The maximum atomic E-state index is 6.28. The van der Waals surface area contributed by atoms with Crippen LogP contribution in [0.5, 0.6) is 0 Å². The Labute approximate surface area is 154 Å². The van der Waals surface area contributed by atoms with E-state index in [0.29, 0.717) is 11.6 Å². The molecule has 0 amide bonds. The smallest absolute Gasteiger partial charge is 0.190 e. The molecule has 0 saturated carbocycles. The van der Waals surface area contributed by atoms with Crippen LogP contribution in [0.4, 0.5) is 5.69 Å². The van der Waals surface area contributed by atoms with Crippen LogP contribution in [0.1, 0.15) is 5.56 Å². The van der Waals surface area contributed by atoms with Crippen LogP contribution in [-0.4, -0.2) is 4.57 Å². The number of rotatable bonds is 4. The van der Waals surface area contributed by atoms with Gasteiger partial charge in [0.15, 0.2) is 10.6 Å². The fourth-order valence-electron chi connectivity index (χ4n) is 2.61. The monoisotopic (exact) mass is 366 g/mol. The normalized spacial score (nSPS) is 11.8. The van der Waals surface area contributed by atoms with E-state index in [1.165, 1.54) is 5.56 Å². The number of furan rings is 1. The highest BCUT2D eigenvalue weighted by Gasteiger charge is 2.11. The first-order valence-corrected chi connectivity index (χ1v) is 9.12. The van der Waals surface area contributed by atoms with Crippen LogP contribution < -0.4 is 4.80 Å². The van der Waals surface area contributed by atoms with Crippen molar-refractivity contribution >= 4 is 28.6 Å². The summed E-state index contributed by atoms with van der Waals surface area (Å²) in [5, 5.41) is 2.71. The quantitative estimate of drug-likeness (QED) is 0.452. The molecule has 5 heteroatoms. The third-order valence-electron chi connectivity index (χ3n) is 3.82. The van der Waals surface area contributed by atoms with Gasteiger partial charge in [0.1, 0.15) is 0 Å². The topological polar surface area (TPSA) is 30.4 Å². The van der Waals surface area contributed by atoms with Crippen molar-refractivity contribution in [1.29, 1.82) is 0 Å². The van der Waals surface area contributed by atoms with E-state index < -0.39 is 0 Å². The van der Waals surface area contributed by atoms with Gasteiger partial charge in [-0.3, -0.25) is 0 Å². The lowest BCUT2D eigenvalue weighted by molar-refractivity contribution is 0.573. The van der Waals surface area contributed by atoms with Crippen LogP contribution in [-0.2, 0) is 6.54 Å². The van der Waals surface area contributed by atoms with Gasteiger partial charge in [-0.1, -0.05) is 54.1 Å². The van der Waals surface area contributed by atoms with Gasteiger partial charge in [-0.25, -0.2) is 4.99 Å². The molecule has 0 fully saturated rings. The van der Waals surface area contributed by atoms with Crippen molar-refractivity contribution in [2.24, 2.45) is 4.99 Å². The average molecular weight is 367 g/mol. The van der Waals surface area contributed by atoms with Crippen molar-refractivity contribution in [1.82, 2.24) is 4.57 Å². The van der Waals surface area contributed by atoms with Crippen LogP contribution in [0.2, 0.25) is 5.02 Å². The predicted octanol–water partition coefficient (Wildman–Crippen LogP) is 5.74. The average Bonchev–Trinajstić information content (AvgIpc) is 3.28. The van der Waals surface area contributed by atoms with Crippen LogP contribution in [0.3, 0.4) is 0 Å². The van der Waals surface area contributed by atoms with E-state index in [2.05, 4.69) is 22.1 Å². The van der Waals surface area contributed by atoms with E-state index in [4.69, 9.17) is 21.0 Å². The zero-order valence-corrected chi connectivity index (χ0v) is 14.9. The number of hydrogen-bond acceptors (Lipinski definition) is 3. The van der Waals surface area contributed by atoms with E-state index in [-0.39, 0.29) is 0 Å². The number of thiazole rings is 1. The minimum Gasteiger partial charge on any atom is -0.463 e. The fraction of sp³-hybridized carbons (Fsp3) is 0.0500. The summed E-state index contributed by atoms with van der Waals surface area (Å²) in [6.45, 7) is 0.712. The largest absolute Gasteiger partial charge is 0.463 e. The highest BCUT2D eigenvalue weighted by Crippen LogP contribution is 2.25. The standard InChI is InChI=1S/C20H15ClN2OS/c21-16-9-4-5-10-17(16)22-20-23(13-15-7-2-1-3-8-15)18(14-25-20)19-11-6-12-24-19/h1-12,14H,13H2. The van der Waals surface area contributed by atoms with Gasteiger partial charge >= 0.3 is 0 Å². The van der Waals surface area contributed by atoms with Gasteiger partial charge < -0.3 is 8.98 Å². The lowest BCUT2D eigenvalue weighted by Crippen LogP contribution is -2.16. The Balaban J connectivity index is 1.86. The molecule has 4 rings (SSSR count). The molecule has 2 aromatic heterocycles. The van der Waals surface area contributed by atoms with Crippen molar-refractivity contribution in [2.45, 2.75) is 6.54 Å². The predicted molar refractivity (Wildman–Crippen MR) is 102 cm³/mol. The van der Waals surface area contributed by atoms with Crippen molar-refractivity contribution in [3.63, 3.8) is 0 Å². The molecule has 0 spiro atoms. The molecule has 0 aliphatic carbocycles. The van der Waals surface area contributed by atoms with Crippen molar-refractivity contribution < 1.29 is 4.42 Å². The number of benzene rings is 2. The summed E-state index contributed by atoms with van der Waals surface area (Å²) in [6, 6.07) is 21.8. The first-order chi connectivity index (χ1) is 12.3. The molecular weight excluding hydrogens is 352 g/mol. The zero-order chi connectivity index (χ0) is 17.1. The van der Waals surface area contributed by atoms with E-state index in [1.807, 2.05) is 54.6 Å². The summed E-state index contributed by atoms with van der Waals surface area (Å²) in [5.74, 6) is 0.827. The summed E-state index contributed by atoms with van der Waals surface area (Å²) in [4.78, 5) is 5.65. The van der Waals surface area contributed by atoms with Gasteiger partial charge in [-0.2, -0.15) is 0 Å². The van der Waals surface area contributed by atoms with Crippen LogP contribution in [0, 0.1) is 0 Å². The van der Waals surface area contributed by atoms with Crippen molar-refractivity contribution in [3.8, 4) is 11.5 Å². The Bertz CT molecular complexity index is 1030. The molecule has 25 heavy (non-hydrogen) atoms. The molecule has 2 aromatic carbocycles. The third-order valence-corrected chi connectivity index (χ3v) is 5.01. The molecule has 0 atom stereocenters. The van der Waals surface area contributed by atoms with Gasteiger partial charge in [-0.05, 0) is 29.8 Å². The molecule has 0 aliphatic rings. The highest BCUT2D eigenvalue weighted by molar-refractivity contribution is 7.07. The number of para-hydroxylation sites is 1. The first-order valence-electron chi connectivity index (χ1n) is 7.86. The van der Waals surface area contributed by atoms with Crippen LogP contribution >= 0.6 is 22.9 Å². The van der Waals surface area contributed by atoms with Crippen LogP contribution in [0.15, 0.2) is 87.8 Å². The Hall–Kier alpha value is -2.56. The SMILES string of the molecule is Clc1ccccc1N=c1scc(-c2ccco2)n1Cc1ccccc1. The third kappa shape index (κ3) is 3.45. The minimum atomic E-state index is 0.640. The lowest BCUT2D eigenvalue weighted by atomic mass is 10.2. The molecule has 0 unspecified atom stereocenters. The summed E-state index contributed by atoms with van der Waals surface area (Å²) in [6.07, 6.45) is 1.69. The Morgan fingerprint density at radius 3 is 2.52 bits per heavy atom. The molecule has 0 N–H and O–H groups in total. The molecule has 0 bridgehead atoms. The number of halogens is 1. The molecule has 3 nitrogen and oxygen atoms in total. The summed E-state index contributed by atoms with van der Waals surface area (Å²) < 4.78 is 7.76. The van der Waals surface area contributed by atoms with Gasteiger partial charge in [0.2, 0.25) is 0 Å². The van der Waals surface area contributed by atoms with E-state index in [1.54, 1.807) is 17.6 Å². The minimum absolute atomic E-state index is 0.640. The van der Waals surface area contributed by atoms with E-state index in [9.17, 15) is 0 Å². The molecule has 4 aromatic rings. The lowest BCUT2D eigenvalue weighted by Gasteiger charge is -2.08. The maximum Gasteiger partial charge on any atom is 0.190 e. The van der Waals surface area contributed by atoms with Crippen molar-refractivity contribution in [2.75, 3.05) is 0 Å². The summed E-state index contributed by atoms with van der Waals surface area (Å²) >= 11 is 7.85. The fourth-order valence-corrected chi connectivity index (χ4v) is 3.68. The summed E-state index contributed by atoms with van der Waals surface area (Å²) in [5.41, 5.74) is 2.97. The second-order valence-electron chi connectivity index (χ2n) is 5.52. The Kier molecular flexibility index (Phi) is 4.55. The molecule has 0 saturated heterocycles. The Morgan fingerprint density at radius 2 is 1.76 bits per heavy atom. The van der Waals surface area contributed by atoms with Gasteiger partial charge in [-0.15, -0.1) is 11.3 Å². The van der Waals surface area contributed by atoms with Crippen LogP contribution in [0.25, 0.3) is 11.5 Å². The van der Waals surface area contributed by atoms with Gasteiger partial charge in [0, 0.05) is 5.38 Å². The Morgan fingerprint density at radius 1 is 0.960 bits per heavy atom. The molecule has 124 valence electrons. The second-order valence-corrected chi connectivity index (χ2v) is 6.76. The summed E-state index contributed by atoms with van der Waals surface area (Å²) in [7, 11) is 0. The molecule has 2 heterocycles. The molecule has 0 radical (unpaired) electrons. The second kappa shape index (κ2) is 7.13. The van der Waals surface area contributed by atoms with Crippen molar-refractivity contribution in [3.05, 3.63) is 93.8 Å². The van der Waals surface area contributed by atoms with E-state index >= 15 is 0 Å². The van der Waals surface area contributed by atoms with E-state index in [0.717, 1.165) is 21.9 Å². The zero-order valence-electron chi connectivity index (χ0n) is 13.3. The number of hydrogen-bond donors (Lipinski definition) is 0. The first kappa shape index (κ1) is 15.9. The number of nitrogens with zero attached hydrogens (tertiary/aromatic N) is 2. The highest BCUT2D eigenvalue weighted by atomic mass is 35.5. The van der Waals surface area contributed by atoms with Gasteiger partial charge in [0.25, 0.3) is 0 Å². The van der Waals surface area contributed by atoms with Gasteiger partial charge in [0.05, 0.1) is 29.2 Å². The molecular formula is C20H15ClN2OS.